The number of hydrogen-bond acceptors (Lipinski definition) is 3. The molecule has 1 aromatic rings. The maximum atomic E-state index is 11.5. The topological polar surface area (TPSA) is 72.5 Å². The summed E-state index contributed by atoms with van der Waals surface area (Å²) in [7, 11) is 1.59. The Morgan fingerprint density at radius 2 is 2.18 bits per heavy atom. The number of ether oxygens (including phenoxy) is 1. The maximum absolute atomic E-state index is 11.5. The van der Waals surface area contributed by atoms with Crippen LogP contribution in [0.15, 0.2) is 18.2 Å². The van der Waals surface area contributed by atoms with Crippen LogP contribution < -0.4 is 10.5 Å². The molecule has 4 nitrogen and oxygen atoms in total. The summed E-state index contributed by atoms with van der Waals surface area (Å²) in [5.74, 6) is -0.0702. The zero-order valence-electron chi connectivity index (χ0n) is 10.1. The summed E-state index contributed by atoms with van der Waals surface area (Å²) in [4.78, 5) is 11.5. The maximum Gasteiger partial charge on any atom is 0.314 e. The van der Waals surface area contributed by atoms with Crippen molar-refractivity contribution < 1.29 is 14.6 Å². The molecule has 0 aliphatic heterocycles. The van der Waals surface area contributed by atoms with Crippen molar-refractivity contribution in [3.63, 3.8) is 0 Å². The number of benzene rings is 1. The van der Waals surface area contributed by atoms with E-state index in [1.165, 1.54) is 0 Å². The van der Waals surface area contributed by atoms with Crippen LogP contribution in [0.5, 0.6) is 5.75 Å². The van der Waals surface area contributed by atoms with Crippen molar-refractivity contribution in [1.29, 1.82) is 0 Å². The average molecular weight is 235 g/mol. The minimum Gasteiger partial charge on any atom is -0.496 e. The molecule has 4 heteroatoms. The molecule has 17 heavy (non-hydrogen) atoms. The van der Waals surface area contributed by atoms with Crippen molar-refractivity contribution in [3.8, 4) is 5.75 Å². The summed E-state index contributed by atoms with van der Waals surface area (Å²) >= 11 is 0. The number of methoxy groups -OCH3 is 1. The van der Waals surface area contributed by atoms with Crippen molar-refractivity contribution in [1.82, 2.24) is 0 Å². The van der Waals surface area contributed by atoms with Crippen LogP contribution in [0.25, 0.3) is 0 Å². The van der Waals surface area contributed by atoms with Gasteiger partial charge >= 0.3 is 5.97 Å². The van der Waals surface area contributed by atoms with Gasteiger partial charge in [-0.15, -0.1) is 0 Å². The van der Waals surface area contributed by atoms with Crippen molar-refractivity contribution in [2.75, 3.05) is 7.11 Å². The van der Waals surface area contributed by atoms with Gasteiger partial charge in [0.2, 0.25) is 0 Å². The second-order valence-corrected chi connectivity index (χ2v) is 4.69. The van der Waals surface area contributed by atoms with Gasteiger partial charge in [0.15, 0.2) is 0 Å². The number of carboxylic acid groups (broad SMARTS) is 1. The van der Waals surface area contributed by atoms with Gasteiger partial charge in [0.05, 0.1) is 12.5 Å². The van der Waals surface area contributed by atoms with E-state index in [0.717, 1.165) is 16.9 Å². The van der Waals surface area contributed by atoms with Gasteiger partial charge in [-0.05, 0) is 37.0 Å². The van der Waals surface area contributed by atoms with E-state index in [9.17, 15) is 9.90 Å². The van der Waals surface area contributed by atoms with E-state index in [4.69, 9.17) is 10.5 Å². The highest BCUT2D eigenvalue weighted by molar-refractivity contribution is 5.84. The first kappa shape index (κ1) is 11.9. The van der Waals surface area contributed by atoms with Crippen LogP contribution in [-0.4, -0.2) is 24.2 Å². The van der Waals surface area contributed by atoms with E-state index >= 15 is 0 Å². The lowest BCUT2D eigenvalue weighted by molar-refractivity contribution is -0.148. The van der Waals surface area contributed by atoms with Crippen LogP contribution in [0.2, 0.25) is 0 Å². The number of rotatable bonds is 3. The molecule has 3 N–H and O–H groups in total. The number of aliphatic carboxylic acids is 1. The predicted octanol–water partition coefficient (Wildman–Crippen LogP) is 1.45. The predicted molar refractivity (Wildman–Crippen MR) is 64.3 cm³/mol. The molecule has 1 saturated carbocycles. The van der Waals surface area contributed by atoms with Gasteiger partial charge in [0, 0.05) is 6.04 Å². The Hall–Kier alpha value is -1.55. The van der Waals surface area contributed by atoms with Gasteiger partial charge in [-0.25, -0.2) is 0 Å². The van der Waals surface area contributed by atoms with Crippen LogP contribution in [0.4, 0.5) is 0 Å². The molecule has 1 fully saturated rings. The molecule has 92 valence electrons. The summed E-state index contributed by atoms with van der Waals surface area (Å²) in [5, 5.41) is 9.45. The number of carbonyl (C=O) groups is 1. The number of nitrogens with two attached hydrogens (primary N) is 1. The molecule has 0 aromatic heterocycles. The Balaban J connectivity index is 2.48. The van der Waals surface area contributed by atoms with Crippen LogP contribution in [0.3, 0.4) is 0 Å². The third kappa shape index (κ3) is 1.69. The number of hydrogen-bond donors (Lipinski definition) is 2. The largest absolute Gasteiger partial charge is 0.496 e. The normalized spacial score (nSPS) is 27.4. The van der Waals surface area contributed by atoms with Gasteiger partial charge in [-0.1, -0.05) is 12.1 Å². The summed E-state index contributed by atoms with van der Waals surface area (Å²) in [6.45, 7) is 1.89. The van der Waals surface area contributed by atoms with Gasteiger partial charge in [0.25, 0.3) is 0 Å². The summed E-state index contributed by atoms with van der Waals surface area (Å²) in [6, 6.07) is 5.51. The van der Waals surface area contributed by atoms with Crippen LogP contribution in [0, 0.1) is 6.92 Å². The van der Waals surface area contributed by atoms with E-state index in [0.29, 0.717) is 12.8 Å². The van der Waals surface area contributed by atoms with Gasteiger partial charge < -0.3 is 15.6 Å². The third-order valence-corrected chi connectivity index (χ3v) is 3.65. The molecule has 2 rings (SSSR count). The zero-order valence-corrected chi connectivity index (χ0v) is 10.1. The van der Waals surface area contributed by atoms with Crippen LogP contribution in [-0.2, 0) is 10.2 Å². The fourth-order valence-electron chi connectivity index (χ4n) is 2.70. The molecule has 0 atom stereocenters. The first-order chi connectivity index (χ1) is 8.01. The lowest BCUT2D eigenvalue weighted by atomic mass is 9.61. The van der Waals surface area contributed by atoms with E-state index in [1.54, 1.807) is 7.11 Å². The van der Waals surface area contributed by atoms with Crippen molar-refractivity contribution in [3.05, 3.63) is 29.3 Å². The molecule has 1 aliphatic carbocycles. The summed E-state index contributed by atoms with van der Waals surface area (Å²) in [5.41, 5.74) is 6.65. The van der Waals surface area contributed by atoms with Crippen molar-refractivity contribution in [2.45, 2.75) is 31.2 Å². The van der Waals surface area contributed by atoms with E-state index in [-0.39, 0.29) is 6.04 Å². The fourth-order valence-corrected chi connectivity index (χ4v) is 2.70. The second-order valence-electron chi connectivity index (χ2n) is 4.69. The molecular weight excluding hydrogens is 218 g/mol. The van der Waals surface area contributed by atoms with Crippen LogP contribution in [0.1, 0.15) is 24.0 Å². The molecule has 0 heterocycles. The SMILES string of the molecule is COc1cccc(C2(C(=O)O)CC(N)C2)c1C. The quantitative estimate of drug-likeness (QED) is 0.831. The third-order valence-electron chi connectivity index (χ3n) is 3.65. The molecule has 0 bridgehead atoms. The lowest BCUT2D eigenvalue weighted by Crippen LogP contribution is -2.54. The fraction of sp³-hybridized carbons (Fsp3) is 0.462. The molecule has 0 saturated heterocycles. The monoisotopic (exact) mass is 235 g/mol. The Morgan fingerprint density at radius 3 is 2.65 bits per heavy atom. The molecule has 0 amide bonds. The van der Waals surface area contributed by atoms with E-state index in [2.05, 4.69) is 0 Å². The van der Waals surface area contributed by atoms with Crippen molar-refractivity contribution >= 4 is 5.97 Å². The first-order valence-corrected chi connectivity index (χ1v) is 5.64. The van der Waals surface area contributed by atoms with E-state index < -0.39 is 11.4 Å². The molecule has 0 spiro atoms. The first-order valence-electron chi connectivity index (χ1n) is 5.64. The minimum atomic E-state index is -0.821. The van der Waals surface area contributed by atoms with E-state index in [1.807, 2.05) is 25.1 Å². The summed E-state index contributed by atoms with van der Waals surface area (Å²) < 4.78 is 5.23. The highest BCUT2D eigenvalue weighted by Crippen LogP contribution is 2.45. The molecular formula is C13H17NO3. The molecule has 1 aliphatic rings. The Labute approximate surface area is 100 Å². The zero-order chi connectivity index (χ0) is 12.6. The molecule has 1 aromatic carbocycles. The molecule has 0 unspecified atom stereocenters. The average Bonchev–Trinajstić information content (AvgIpc) is 2.25. The Bertz CT molecular complexity index is 450. The lowest BCUT2D eigenvalue weighted by Gasteiger charge is -2.43. The smallest absolute Gasteiger partial charge is 0.314 e. The van der Waals surface area contributed by atoms with Crippen LogP contribution >= 0.6 is 0 Å². The van der Waals surface area contributed by atoms with Crippen molar-refractivity contribution in [2.24, 2.45) is 5.73 Å². The second kappa shape index (κ2) is 4.04. The Morgan fingerprint density at radius 1 is 1.53 bits per heavy atom. The highest BCUT2D eigenvalue weighted by atomic mass is 16.5. The summed E-state index contributed by atoms with van der Waals surface area (Å²) in [6.07, 6.45) is 0.993. The highest BCUT2D eigenvalue weighted by Gasteiger charge is 2.51. The van der Waals surface area contributed by atoms with Gasteiger partial charge in [-0.3, -0.25) is 4.79 Å². The Kier molecular flexibility index (Phi) is 2.83. The molecule has 0 radical (unpaired) electrons. The van der Waals surface area contributed by atoms with Gasteiger partial charge in [0.1, 0.15) is 5.75 Å². The van der Waals surface area contributed by atoms with Gasteiger partial charge in [-0.2, -0.15) is 0 Å². The standard InChI is InChI=1S/C13H17NO3/c1-8-10(4-3-5-11(8)17-2)13(12(15)16)6-9(14)7-13/h3-5,9H,6-7,14H2,1-2H3,(H,15,16). The minimum absolute atomic E-state index is 0.0169. The number of carboxylic acids is 1.